The fourth-order valence-corrected chi connectivity index (χ4v) is 7.05. The van der Waals surface area contributed by atoms with Crippen molar-refractivity contribution < 1.29 is 46.7 Å². The predicted molar refractivity (Wildman–Crippen MR) is 189 cm³/mol. The number of rotatable bonds is 16. The summed E-state index contributed by atoms with van der Waals surface area (Å²) in [5, 5.41) is 5.38. The molecule has 1 aliphatic heterocycles. The average Bonchev–Trinajstić information content (AvgIpc) is 3.35. The van der Waals surface area contributed by atoms with E-state index in [2.05, 4.69) is 17.2 Å². The Labute approximate surface area is 304 Å². The van der Waals surface area contributed by atoms with Gasteiger partial charge in [-0.1, -0.05) is 91.8 Å². The molecule has 1 heterocycles. The minimum absolute atomic E-state index is 0.00659. The molecule has 52 heavy (non-hydrogen) atoms. The van der Waals surface area contributed by atoms with E-state index in [4.69, 9.17) is 4.74 Å². The molecule has 0 bridgehead atoms. The Morgan fingerprint density at radius 3 is 2.08 bits per heavy atom. The SMILES string of the molecule is C=CCCC(=O)C(=O)C(CCC(F)(F)F)CC(=O)[C@@H]1[C@@H]2[C@H](CN1C(=O)[C@@H](NC(=O)N[C@H](C(=O)OCc1ccccc1)C(C)(C)C)C(C)(C)C)C2(C)C. The van der Waals surface area contributed by atoms with Crippen molar-refractivity contribution in [2.24, 2.45) is 34.0 Å². The number of Topliss-reactive ketones (excluding diaryl/α,β-unsaturated/α-hetero) is 3. The fraction of sp³-hybridized carbons (Fsp3) is 0.641. The number of amides is 3. The first-order valence-electron chi connectivity index (χ1n) is 17.8. The number of allylic oxidation sites excluding steroid dienone is 1. The van der Waals surface area contributed by atoms with E-state index in [9.17, 15) is 41.9 Å². The largest absolute Gasteiger partial charge is 0.459 e. The second-order valence-corrected chi connectivity index (χ2v) is 16.8. The molecule has 288 valence electrons. The van der Waals surface area contributed by atoms with Gasteiger partial charge in [0, 0.05) is 31.7 Å². The summed E-state index contributed by atoms with van der Waals surface area (Å²) in [5.41, 5.74) is -1.26. The summed E-state index contributed by atoms with van der Waals surface area (Å²) in [7, 11) is 0. The summed E-state index contributed by atoms with van der Waals surface area (Å²) < 4.78 is 45.3. The maximum atomic E-state index is 14.4. The monoisotopic (exact) mass is 733 g/mol. The van der Waals surface area contributed by atoms with Gasteiger partial charge in [-0.3, -0.25) is 19.2 Å². The molecular weight excluding hydrogens is 679 g/mol. The van der Waals surface area contributed by atoms with Gasteiger partial charge in [-0.2, -0.15) is 13.2 Å². The maximum Gasteiger partial charge on any atom is 0.389 e. The second kappa shape index (κ2) is 16.3. The number of ether oxygens (including phenoxy) is 1. The lowest BCUT2D eigenvalue weighted by molar-refractivity contribution is -0.150. The molecule has 2 N–H and O–H groups in total. The molecule has 0 spiro atoms. The number of hydrogen-bond acceptors (Lipinski definition) is 7. The van der Waals surface area contributed by atoms with E-state index in [0.717, 1.165) is 5.56 Å². The Hall–Kier alpha value is -4.03. The molecule has 1 saturated carbocycles. The van der Waals surface area contributed by atoms with Crippen LogP contribution in [0.1, 0.15) is 93.1 Å². The number of esters is 1. The van der Waals surface area contributed by atoms with E-state index in [1.54, 1.807) is 65.8 Å². The van der Waals surface area contributed by atoms with Crippen LogP contribution in [0.25, 0.3) is 0 Å². The lowest BCUT2D eigenvalue weighted by atomic mass is 9.83. The van der Waals surface area contributed by atoms with Crippen molar-refractivity contribution in [3.63, 3.8) is 0 Å². The fourth-order valence-electron chi connectivity index (χ4n) is 7.05. The lowest BCUT2D eigenvalue weighted by Gasteiger charge is -2.38. The Morgan fingerprint density at radius 1 is 0.962 bits per heavy atom. The Morgan fingerprint density at radius 2 is 1.54 bits per heavy atom. The van der Waals surface area contributed by atoms with Crippen LogP contribution in [0.4, 0.5) is 18.0 Å². The van der Waals surface area contributed by atoms with Crippen LogP contribution >= 0.6 is 0 Å². The molecule has 3 rings (SSSR count). The molecule has 2 fully saturated rings. The van der Waals surface area contributed by atoms with Crippen molar-refractivity contribution in [2.45, 2.75) is 118 Å². The van der Waals surface area contributed by atoms with Crippen LogP contribution in [0.3, 0.4) is 0 Å². The van der Waals surface area contributed by atoms with Crippen LogP contribution in [-0.2, 0) is 35.3 Å². The standard InChI is InChI=1S/C39H54F3N3O7/c1-10-11-17-26(46)30(48)24(18-19-39(40,41)42)20-27(47)29-28-25(38(28,8)9)21-45(29)33(49)31(36(2,3)4)43-35(51)44-32(37(5,6)7)34(50)52-22-23-15-13-12-14-16-23/h10,12-16,24-25,28-29,31-32H,1,11,17-22H2,2-9H3,(H2,43,44,51)/t24?,25-,28-,29+,31+,32+/m0/s1. The van der Waals surface area contributed by atoms with Gasteiger partial charge in [0.05, 0.1) is 6.04 Å². The van der Waals surface area contributed by atoms with E-state index in [1.807, 2.05) is 19.9 Å². The molecule has 0 radical (unpaired) electrons. The molecule has 6 atom stereocenters. The molecule has 1 saturated heterocycles. The molecule has 3 amide bonds. The van der Waals surface area contributed by atoms with E-state index in [-0.39, 0.29) is 43.2 Å². The summed E-state index contributed by atoms with van der Waals surface area (Å²) >= 11 is 0. The zero-order chi connectivity index (χ0) is 39.4. The third-order valence-electron chi connectivity index (χ3n) is 10.3. The summed E-state index contributed by atoms with van der Waals surface area (Å²) in [6, 6.07) is 4.88. The number of alkyl halides is 3. The third-order valence-corrected chi connectivity index (χ3v) is 10.3. The van der Waals surface area contributed by atoms with Gasteiger partial charge >= 0.3 is 18.2 Å². The number of piperidine rings is 1. The number of nitrogens with zero attached hydrogens (tertiary/aromatic N) is 1. The summed E-state index contributed by atoms with van der Waals surface area (Å²) in [6.45, 7) is 18.0. The van der Waals surface area contributed by atoms with Crippen molar-refractivity contribution in [2.75, 3.05) is 6.54 Å². The quantitative estimate of drug-likeness (QED) is 0.115. The van der Waals surface area contributed by atoms with Gasteiger partial charge < -0.3 is 20.3 Å². The molecule has 10 nitrogen and oxygen atoms in total. The zero-order valence-electron chi connectivity index (χ0n) is 31.5. The summed E-state index contributed by atoms with van der Waals surface area (Å²) in [6.07, 6.45) is -5.98. The number of fused-ring (bicyclic) bond motifs is 1. The number of urea groups is 1. The lowest BCUT2D eigenvalue weighted by Crippen LogP contribution is -2.61. The number of hydrogen-bond donors (Lipinski definition) is 2. The van der Waals surface area contributed by atoms with Crippen LogP contribution in [0.2, 0.25) is 0 Å². The highest BCUT2D eigenvalue weighted by molar-refractivity contribution is 6.38. The number of carbonyl (C=O) groups excluding carboxylic acids is 6. The Bertz CT molecular complexity index is 1510. The van der Waals surface area contributed by atoms with Gasteiger partial charge in [-0.05, 0) is 46.5 Å². The summed E-state index contributed by atoms with van der Waals surface area (Å²) in [4.78, 5) is 82.1. The van der Waals surface area contributed by atoms with E-state index < -0.39 is 95.6 Å². The number of carbonyl (C=O) groups is 6. The molecular formula is C39H54F3N3O7. The number of ketones is 3. The van der Waals surface area contributed by atoms with Crippen molar-refractivity contribution in [1.29, 1.82) is 0 Å². The Kier molecular flexibility index (Phi) is 13.3. The molecule has 0 aromatic heterocycles. The van der Waals surface area contributed by atoms with E-state index >= 15 is 0 Å². The van der Waals surface area contributed by atoms with Crippen LogP contribution in [0.15, 0.2) is 43.0 Å². The van der Waals surface area contributed by atoms with Gasteiger partial charge in [0.1, 0.15) is 18.7 Å². The highest BCUT2D eigenvalue weighted by atomic mass is 19.4. The number of nitrogens with one attached hydrogen (secondary N) is 2. The zero-order valence-corrected chi connectivity index (χ0v) is 31.5. The molecule has 1 unspecified atom stereocenters. The first-order valence-corrected chi connectivity index (χ1v) is 17.8. The van der Waals surface area contributed by atoms with Crippen molar-refractivity contribution in [3.05, 3.63) is 48.6 Å². The highest BCUT2D eigenvalue weighted by Crippen LogP contribution is 2.65. The number of likely N-dealkylation sites (tertiary alicyclic amines) is 1. The second-order valence-electron chi connectivity index (χ2n) is 16.8. The van der Waals surface area contributed by atoms with Gasteiger partial charge in [0.2, 0.25) is 11.7 Å². The normalized spacial score (nSPS) is 21.2. The third kappa shape index (κ3) is 10.8. The van der Waals surface area contributed by atoms with Crippen LogP contribution in [0.5, 0.6) is 0 Å². The number of benzene rings is 1. The van der Waals surface area contributed by atoms with Crippen LogP contribution < -0.4 is 10.6 Å². The van der Waals surface area contributed by atoms with Gasteiger partial charge in [-0.25, -0.2) is 9.59 Å². The van der Waals surface area contributed by atoms with Gasteiger partial charge in [-0.15, -0.1) is 6.58 Å². The van der Waals surface area contributed by atoms with Crippen molar-refractivity contribution >= 4 is 35.3 Å². The molecule has 1 aromatic rings. The first-order chi connectivity index (χ1) is 23.9. The van der Waals surface area contributed by atoms with Crippen LogP contribution in [0, 0.1) is 34.0 Å². The first kappa shape index (κ1) is 42.4. The topological polar surface area (TPSA) is 139 Å². The minimum Gasteiger partial charge on any atom is -0.459 e. The van der Waals surface area contributed by atoms with Crippen molar-refractivity contribution in [1.82, 2.24) is 15.5 Å². The highest BCUT2D eigenvalue weighted by Gasteiger charge is 2.69. The summed E-state index contributed by atoms with van der Waals surface area (Å²) in [5.74, 6) is -5.68. The minimum atomic E-state index is -4.61. The van der Waals surface area contributed by atoms with E-state index in [0.29, 0.717) is 0 Å². The number of halogens is 3. The van der Waals surface area contributed by atoms with Crippen molar-refractivity contribution in [3.8, 4) is 0 Å². The smallest absolute Gasteiger partial charge is 0.389 e. The predicted octanol–water partition coefficient (Wildman–Crippen LogP) is 6.36. The molecule has 2 aliphatic rings. The van der Waals surface area contributed by atoms with E-state index in [1.165, 1.54) is 11.0 Å². The molecule has 13 heteroatoms. The maximum absolute atomic E-state index is 14.4. The average molecular weight is 734 g/mol. The Balaban J connectivity index is 1.83. The van der Waals surface area contributed by atoms with Gasteiger partial charge in [0.15, 0.2) is 11.6 Å². The molecule has 1 aromatic carbocycles. The molecule has 1 aliphatic carbocycles. The van der Waals surface area contributed by atoms with Crippen LogP contribution in [-0.4, -0.2) is 71.0 Å². The van der Waals surface area contributed by atoms with Gasteiger partial charge in [0.25, 0.3) is 0 Å².